The lowest BCUT2D eigenvalue weighted by Crippen LogP contribution is -1.96. The molecule has 0 fully saturated rings. The van der Waals surface area contributed by atoms with Gasteiger partial charge in [-0.3, -0.25) is 0 Å². The zero-order valence-corrected chi connectivity index (χ0v) is 9.32. The number of furan rings is 1. The van der Waals surface area contributed by atoms with E-state index >= 15 is 0 Å². The van der Waals surface area contributed by atoms with Gasteiger partial charge in [-0.05, 0) is 25.1 Å². The first-order valence-corrected chi connectivity index (χ1v) is 5.40. The van der Waals surface area contributed by atoms with Crippen LogP contribution in [0, 0.1) is 6.92 Å². The van der Waals surface area contributed by atoms with Gasteiger partial charge < -0.3 is 9.52 Å². The van der Waals surface area contributed by atoms with E-state index in [2.05, 4.69) is 4.98 Å². The standard InChI is InChI=1S/C11H9NO3S/c1-7-9(3-5-15-7)16-10-6-8(11(13)14)2-4-12-10/h2-6H,1H3,(H,13,14). The second-order valence-corrected chi connectivity index (χ2v) is 4.19. The van der Waals surface area contributed by atoms with E-state index < -0.39 is 5.97 Å². The molecule has 0 saturated heterocycles. The number of pyridine rings is 1. The Balaban J connectivity index is 2.25. The second-order valence-electron chi connectivity index (χ2n) is 3.13. The molecular formula is C11H9NO3S. The van der Waals surface area contributed by atoms with Crippen molar-refractivity contribution < 1.29 is 14.3 Å². The average molecular weight is 235 g/mol. The highest BCUT2D eigenvalue weighted by molar-refractivity contribution is 7.99. The molecule has 2 heterocycles. The minimum absolute atomic E-state index is 0.235. The number of hydrogen-bond acceptors (Lipinski definition) is 4. The molecule has 0 aliphatic heterocycles. The molecule has 0 saturated carbocycles. The van der Waals surface area contributed by atoms with Crippen molar-refractivity contribution in [2.45, 2.75) is 16.8 Å². The number of aromatic nitrogens is 1. The van der Waals surface area contributed by atoms with Crippen molar-refractivity contribution in [2.75, 3.05) is 0 Å². The van der Waals surface area contributed by atoms with Gasteiger partial charge in [0.15, 0.2) is 0 Å². The van der Waals surface area contributed by atoms with Crippen molar-refractivity contribution in [3.05, 3.63) is 42.0 Å². The molecule has 2 aromatic heterocycles. The molecule has 2 rings (SSSR count). The van der Waals surface area contributed by atoms with Gasteiger partial charge in [0.05, 0.1) is 16.7 Å². The highest BCUT2D eigenvalue weighted by Gasteiger charge is 2.08. The van der Waals surface area contributed by atoms with Crippen molar-refractivity contribution in [3.8, 4) is 0 Å². The third kappa shape index (κ3) is 2.25. The molecule has 0 aliphatic rings. The number of nitrogens with zero attached hydrogens (tertiary/aromatic N) is 1. The van der Waals surface area contributed by atoms with E-state index in [4.69, 9.17) is 9.52 Å². The van der Waals surface area contributed by atoms with Crippen LogP contribution in [0.4, 0.5) is 0 Å². The molecule has 0 aromatic carbocycles. The predicted molar refractivity (Wildman–Crippen MR) is 58.8 cm³/mol. The van der Waals surface area contributed by atoms with E-state index in [1.165, 1.54) is 24.0 Å². The highest BCUT2D eigenvalue weighted by Crippen LogP contribution is 2.29. The molecule has 5 heteroatoms. The molecule has 82 valence electrons. The van der Waals surface area contributed by atoms with Crippen LogP contribution in [-0.2, 0) is 0 Å². The van der Waals surface area contributed by atoms with Crippen molar-refractivity contribution in [2.24, 2.45) is 0 Å². The van der Waals surface area contributed by atoms with Crippen LogP contribution in [0.1, 0.15) is 16.1 Å². The van der Waals surface area contributed by atoms with Crippen LogP contribution in [0.5, 0.6) is 0 Å². The Kier molecular flexibility index (Phi) is 2.96. The number of hydrogen-bond donors (Lipinski definition) is 1. The van der Waals surface area contributed by atoms with Gasteiger partial charge in [-0.25, -0.2) is 9.78 Å². The van der Waals surface area contributed by atoms with Crippen LogP contribution >= 0.6 is 11.8 Å². The van der Waals surface area contributed by atoms with Gasteiger partial charge in [-0.1, -0.05) is 11.8 Å². The Morgan fingerprint density at radius 3 is 2.94 bits per heavy atom. The number of aromatic carboxylic acids is 1. The van der Waals surface area contributed by atoms with Crippen molar-refractivity contribution >= 4 is 17.7 Å². The molecule has 0 atom stereocenters. The van der Waals surface area contributed by atoms with Crippen molar-refractivity contribution in [1.82, 2.24) is 4.98 Å². The first-order valence-electron chi connectivity index (χ1n) is 4.58. The maximum Gasteiger partial charge on any atom is 0.335 e. The quantitative estimate of drug-likeness (QED) is 0.886. The van der Waals surface area contributed by atoms with E-state index in [1.807, 2.05) is 13.0 Å². The van der Waals surface area contributed by atoms with E-state index in [1.54, 1.807) is 12.3 Å². The van der Waals surface area contributed by atoms with Gasteiger partial charge in [0.1, 0.15) is 10.8 Å². The predicted octanol–water partition coefficient (Wildman–Crippen LogP) is 2.83. The fourth-order valence-corrected chi connectivity index (χ4v) is 2.03. The Labute approximate surface area is 96.3 Å². The summed E-state index contributed by atoms with van der Waals surface area (Å²) in [6.07, 6.45) is 3.08. The Morgan fingerprint density at radius 1 is 1.50 bits per heavy atom. The number of rotatable bonds is 3. The summed E-state index contributed by atoms with van der Waals surface area (Å²) in [5, 5.41) is 9.48. The van der Waals surface area contributed by atoms with Crippen molar-refractivity contribution in [3.63, 3.8) is 0 Å². The van der Waals surface area contributed by atoms with Gasteiger partial charge in [0, 0.05) is 6.20 Å². The normalized spacial score (nSPS) is 10.3. The maximum atomic E-state index is 10.8. The van der Waals surface area contributed by atoms with Gasteiger partial charge in [-0.2, -0.15) is 0 Å². The molecule has 0 unspecified atom stereocenters. The van der Waals surface area contributed by atoms with E-state index in [0.717, 1.165) is 10.7 Å². The molecule has 16 heavy (non-hydrogen) atoms. The Bertz CT molecular complexity index is 521. The summed E-state index contributed by atoms with van der Waals surface area (Å²) in [6.45, 7) is 1.85. The molecule has 0 amide bonds. The molecule has 0 radical (unpaired) electrons. The van der Waals surface area contributed by atoms with Crippen molar-refractivity contribution in [1.29, 1.82) is 0 Å². The van der Waals surface area contributed by atoms with Crippen LogP contribution in [0.15, 0.2) is 45.0 Å². The van der Waals surface area contributed by atoms with Crippen LogP contribution in [0.3, 0.4) is 0 Å². The molecular weight excluding hydrogens is 226 g/mol. The zero-order chi connectivity index (χ0) is 11.5. The molecule has 1 N–H and O–H groups in total. The molecule has 0 spiro atoms. The fraction of sp³-hybridized carbons (Fsp3) is 0.0909. The van der Waals surface area contributed by atoms with Crippen LogP contribution in [0.2, 0.25) is 0 Å². The van der Waals surface area contributed by atoms with Crippen LogP contribution in [0.25, 0.3) is 0 Å². The third-order valence-corrected chi connectivity index (χ3v) is 3.08. The van der Waals surface area contributed by atoms with E-state index in [0.29, 0.717) is 5.03 Å². The SMILES string of the molecule is Cc1occc1Sc1cc(C(=O)O)ccn1. The second kappa shape index (κ2) is 4.40. The number of aryl methyl sites for hydroxylation is 1. The lowest BCUT2D eigenvalue weighted by molar-refractivity contribution is 0.0696. The first kappa shape index (κ1) is 10.8. The Morgan fingerprint density at radius 2 is 2.31 bits per heavy atom. The third-order valence-electron chi connectivity index (χ3n) is 2.01. The molecule has 0 bridgehead atoms. The van der Waals surface area contributed by atoms with Gasteiger partial charge in [0.2, 0.25) is 0 Å². The summed E-state index contributed by atoms with van der Waals surface area (Å²) in [5.74, 6) is -0.152. The minimum atomic E-state index is -0.951. The smallest absolute Gasteiger partial charge is 0.335 e. The van der Waals surface area contributed by atoms with Gasteiger partial charge in [-0.15, -0.1) is 0 Å². The van der Waals surface area contributed by atoms with E-state index in [9.17, 15) is 4.79 Å². The van der Waals surface area contributed by atoms with Gasteiger partial charge >= 0.3 is 5.97 Å². The Hall–Kier alpha value is -1.75. The zero-order valence-electron chi connectivity index (χ0n) is 8.51. The highest BCUT2D eigenvalue weighted by atomic mass is 32.2. The largest absolute Gasteiger partial charge is 0.478 e. The number of carboxylic acids is 1. The summed E-state index contributed by atoms with van der Waals surface area (Å²) in [4.78, 5) is 15.8. The molecule has 4 nitrogen and oxygen atoms in total. The number of carboxylic acid groups (broad SMARTS) is 1. The van der Waals surface area contributed by atoms with E-state index in [-0.39, 0.29) is 5.56 Å². The summed E-state index contributed by atoms with van der Waals surface area (Å²) >= 11 is 1.38. The minimum Gasteiger partial charge on any atom is -0.478 e. The van der Waals surface area contributed by atoms with Gasteiger partial charge in [0.25, 0.3) is 0 Å². The lowest BCUT2D eigenvalue weighted by Gasteiger charge is -2.00. The summed E-state index contributed by atoms with van der Waals surface area (Å²) in [6, 6.07) is 4.84. The first-order chi connectivity index (χ1) is 7.66. The molecule has 2 aromatic rings. The average Bonchev–Trinajstić information content (AvgIpc) is 2.65. The molecule has 0 aliphatic carbocycles. The van der Waals surface area contributed by atoms with Crippen LogP contribution in [-0.4, -0.2) is 16.1 Å². The lowest BCUT2D eigenvalue weighted by atomic mass is 10.3. The topological polar surface area (TPSA) is 63.3 Å². The maximum absolute atomic E-state index is 10.8. The monoisotopic (exact) mass is 235 g/mol. The van der Waals surface area contributed by atoms with Crippen LogP contribution < -0.4 is 0 Å². The summed E-state index contributed by atoms with van der Waals surface area (Å²) in [7, 11) is 0. The summed E-state index contributed by atoms with van der Waals surface area (Å²) < 4.78 is 5.15. The number of carbonyl (C=O) groups is 1. The summed E-state index contributed by atoms with van der Waals surface area (Å²) in [5.41, 5.74) is 0.235. The fourth-order valence-electron chi connectivity index (χ4n) is 1.19.